The molecular weight excluding hydrogens is 655 g/mol. The molecule has 0 amide bonds. The number of carboxylic acids is 1. The van der Waals surface area contributed by atoms with Crippen LogP contribution in [0.25, 0.3) is 43.5 Å². The number of hydrogen-bond acceptors (Lipinski definition) is 8. The van der Waals surface area contributed by atoms with Crippen molar-refractivity contribution in [3.05, 3.63) is 104 Å². The second-order valence-corrected chi connectivity index (χ2v) is 11.8. The van der Waals surface area contributed by atoms with E-state index in [1.807, 2.05) is 6.07 Å². The number of carboxylic acid groups (broad SMARTS) is 1. The summed E-state index contributed by atoms with van der Waals surface area (Å²) in [6.45, 7) is 3.07. The molecule has 0 aliphatic carbocycles. The van der Waals surface area contributed by atoms with Crippen molar-refractivity contribution in [3.8, 4) is 34.2 Å². The highest BCUT2D eigenvalue weighted by molar-refractivity contribution is 7.18. The normalized spacial score (nSPS) is 11.6. The summed E-state index contributed by atoms with van der Waals surface area (Å²) < 4.78 is 50.2. The number of aryl methyl sites for hydroxylation is 2. The van der Waals surface area contributed by atoms with Crippen LogP contribution < -0.4 is 10.3 Å². The largest absolute Gasteiger partial charge is 0.491 e. The Bertz CT molecular complexity index is 2350. The Morgan fingerprint density at radius 3 is 2.60 bits per heavy atom. The van der Waals surface area contributed by atoms with Crippen molar-refractivity contribution >= 4 is 50.0 Å². The molecule has 47 heavy (non-hydrogen) atoms. The third kappa shape index (κ3) is 5.89. The van der Waals surface area contributed by atoms with Gasteiger partial charge in [-0.05, 0) is 56.3 Å². The summed E-state index contributed by atoms with van der Waals surface area (Å²) >= 11 is 7.50. The first-order valence-electron chi connectivity index (χ1n) is 13.9. The number of alkyl halides is 3. The van der Waals surface area contributed by atoms with Crippen LogP contribution in [0.3, 0.4) is 0 Å². The van der Waals surface area contributed by atoms with Gasteiger partial charge in [0.25, 0.3) is 5.56 Å². The fourth-order valence-corrected chi connectivity index (χ4v) is 6.61. The molecule has 0 atom stereocenters. The summed E-state index contributed by atoms with van der Waals surface area (Å²) in [5, 5.41) is 21.5. The van der Waals surface area contributed by atoms with Gasteiger partial charge in [-0.1, -0.05) is 17.7 Å². The Balaban J connectivity index is 1.37. The van der Waals surface area contributed by atoms with Crippen LogP contribution in [0, 0.1) is 25.2 Å². The van der Waals surface area contributed by atoms with E-state index in [1.165, 1.54) is 52.6 Å². The highest BCUT2D eigenvalue weighted by atomic mass is 35.5. The second kappa shape index (κ2) is 12.1. The van der Waals surface area contributed by atoms with Gasteiger partial charge in [0.15, 0.2) is 5.52 Å². The summed E-state index contributed by atoms with van der Waals surface area (Å²) in [6.07, 6.45) is -3.38. The summed E-state index contributed by atoms with van der Waals surface area (Å²) in [6, 6.07) is 13.8. The number of ether oxygens (including phenoxy) is 1. The standard InChI is InChI=1S/C33H21ClF3N5O4S/c1-16-11-18(7-8-39-16)28-24(33(35,36)37)13-25-29(41-28)31(43)42(17(2)40-25)9-10-46-26-6-4-20(34)12-22(26)21-5-3-19(14-38)27-23(32(44)45)15-47-30(21)27/h3-8,11-13,15H,9-10H2,1-2H3,(H,44,45). The molecule has 0 radical (unpaired) electrons. The highest BCUT2D eigenvalue weighted by Crippen LogP contribution is 2.42. The van der Waals surface area contributed by atoms with Crippen LogP contribution in [0.5, 0.6) is 5.75 Å². The van der Waals surface area contributed by atoms with Crippen LogP contribution in [-0.2, 0) is 12.7 Å². The molecule has 9 nitrogen and oxygen atoms in total. The molecule has 1 N–H and O–H groups in total. The molecule has 0 saturated carbocycles. The molecule has 0 aliphatic heterocycles. The van der Waals surface area contributed by atoms with Gasteiger partial charge in [-0.25, -0.2) is 14.8 Å². The zero-order valence-electron chi connectivity index (χ0n) is 24.5. The third-order valence-corrected chi connectivity index (χ3v) is 8.72. The molecule has 4 aromatic heterocycles. The van der Waals surface area contributed by atoms with Gasteiger partial charge >= 0.3 is 12.1 Å². The molecule has 0 unspecified atom stereocenters. The van der Waals surface area contributed by atoms with Gasteiger partial charge < -0.3 is 9.84 Å². The molecule has 2 aromatic carbocycles. The van der Waals surface area contributed by atoms with Gasteiger partial charge in [0.1, 0.15) is 18.2 Å². The van der Waals surface area contributed by atoms with Crippen LogP contribution >= 0.6 is 22.9 Å². The SMILES string of the molecule is Cc1cc(-c2nc3c(=O)n(CCOc4ccc(Cl)cc4-c4ccc(C#N)c5c(C(=O)O)csc45)c(C)nc3cc2C(F)(F)F)ccn1. The molecular formula is C33H21ClF3N5O4S. The number of aromatic carboxylic acids is 1. The topological polar surface area (TPSA) is 131 Å². The van der Waals surface area contributed by atoms with Gasteiger partial charge in [0.05, 0.1) is 40.5 Å². The predicted octanol–water partition coefficient (Wildman–Crippen LogP) is 7.67. The van der Waals surface area contributed by atoms with Crippen molar-refractivity contribution < 1.29 is 27.8 Å². The van der Waals surface area contributed by atoms with Crippen LogP contribution in [0.1, 0.15) is 33.0 Å². The van der Waals surface area contributed by atoms with E-state index in [2.05, 4.69) is 15.0 Å². The molecule has 0 saturated heterocycles. The van der Waals surface area contributed by atoms with E-state index in [4.69, 9.17) is 16.3 Å². The molecule has 0 aliphatic rings. The van der Waals surface area contributed by atoms with Gasteiger partial charge in [0.2, 0.25) is 0 Å². The fraction of sp³-hybridized carbons (Fsp3) is 0.152. The minimum atomic E-state index is -4.75. The Kier molecular flexibility index (Phi) is 8.17. The predicted molar refractivity (Wildman–Crippen MR) is 171 cm³/mol. The minimum absolute atomic E-state index is 0.00439. The van der Waals surface area contributed by atoms with Crippen LogP contribution in [0.15, 0.2) is 64.9 Å². The first-order valence-corrected chi connectivity index (χ1v) is 15.2. The number of thiophene rings is 1. The number of hydrogen-bond donors (Lipinski definition) is 1. The maximum atomic E-state index is 14.1. The maximum Gasteiger partial charge on any atom is 0.418 e. The quantitative estimate of drug-likeness (QED) is 0.182. The third-order valence-electron chi connectivity index (χ3n) is 7.48. The second-order valence-electron chi connectivity index (χ2n) is 10.5. The van der Waals surface area contributed by atoms with E-state index in [-0.39, 0.29) is 46.7 Å². The summed E-state index contributed by atoms with van der Waals surface area (Å²) in [5.74, 6) is -0.628. The van der Waals surface area contributed by atoms with Crippen molar-refractivity contribution in [1.82, 2.24) is 19.5 Å². The number of rotatable bonds is 7. The number of benzene rings is 2. The average molecular weight is 676 g/mol. The van der Waals surface area contributed by atoms with Gasteiger partial charge in [-0.2, -0.15) is 18.4 Å². The number of nitrogens with zero attached hydrogens (tertiary/aromatic N) is 5. The number of nitriles is 1. The van der Waals surface area contributed by atoms with Gasteiger partial charge in [-0.15, -0.1) is 11.3 Å². The molecule has 6 aromatic rings. The maximum absolute atomic E-state index is 14.1. The van der Waals surface area contributed by atoms with Crippen molar-refractivity contribution in [2.75, 3.05) is 6.61 Å². The number of carbonyl (C=O) groups is 1. The Morgan fingerprint density at radius 1 is 1.11 bits per heavy atom. The van der Waals surface area contributed by atoms with Crippen molar-refractivity contribution in [1.29, 1.82) is 5.26 Å². The fourth-order valence-electron chi connectivity index (χ4n) is 5.34. The summed E-state index contributed by atoms with van der Waals surface area (Å²) in [5.41, 5.74) is -0.482. The first kappa shape index (κ1) is 31.7. The lowest BCUT2D eigenvalue weighted by atomic mass is 9.98. The zero-order valence-corrected chi connectivity index (χ0v) is 26.1. The van der Waals surface area contributed by atoms with E-state index in [9.17, 15) is 33.1 Å². The number of aromatic nitrogens is 4. The molecule has 14 heteroatoms. The summed E-state index contributed by atoms with van der Waals surface area (Å²) in [7, 11) is 0. The van der Waals surface area contributed by atoms with Crippen LogP contribution in [-0.4, -0.2) is 37.2 Å². The lowest BCUT2D eigenvalue weighted by molar-refractivity contribution is -0.137. The Hall–Kier alpha value is -5.32. The average Bonchev–Trinajstić information content (AvgIpc) is 3.48. The monoisotopic (exact) mass is 675 g/mol. The first-order chi connectivity index (χ1) is 22.4. The summed E-state index contributed by atoms with van der Waals surface area (Å²) in [4.78, 5) is 38.0. The molecule has 0 fully saturated rings. The molecule has 236 valence electrons. The Labute approximate surface area is 273 Å². The number of pyridine rings is 2. The van der Waals surface area contributed by atoms with E-state index in [0.29, 0.717) is 37.7 Å². The molecule has 0 bridgehead atoms. The van der Waals surface area contributed by atoms with Gasteiger partial charge in [0, 0.05) is 49.1 Å². The van der Waals surface area contributed by atoms with E-state index < -0.39 is 29.0 Å². The van der Waals surface area contributed by atoms with Crippen molar-refractivity contribution in [2.24, 2.45) is 0 Å². The highest BCUT2D eigenvalue weighted by Gasteiger charge is 2.36. The van der Waals surface area contributed by atoms with Crippen molar-refractivity contribution in [2.45, 2.75) is 26.6 Å². The molecule has 6 rings (SSSR count). The minimum Gasteiger partial charge on any atom is -0.491 e. The van der Waals surface area contributed by atoms with Crippen LogP contribution in [0.4, 0.5) is 13.2 Å². The lowest BCUT2D eigenvalue weighted by Crippen LogP contribution is -2.27. The zero-order chi connectivity index (χ0) is 33.6. The van der Waals surface area contributed by atoms with Gasteiger partial charge in [-0.3, -0.25) is 14.3 Å². The van der Waals surface area contributed by atoms with Crippen LogP contribution in [0.2, 0.25) is 5.02 Å². The molecule has 4 heterocycles. The van der Waals surface area contributed by atoms with E-state index in [0.717, 1.165) is 6.07 Å². The van der Waals surface area contributed by atoms with E-state index in [1.54, 1.807) is 31.2 Å². The lowest BCUT2D eigenvalue weighted by Gasteiger charge is -2.17. The smallest absolute Gasteiger partial charge is 0.418 e. The Morgan fingerprint density at radius 2 is 1.89 bits per heavy atom. The number of fused-ring (bicyclic) bond motifs is 2. The molecule has 0 spiro atoms. The van der Waals surface area contributed by atoms with E-state index >= 15 is 0 Å². The number of halogens is 4. The van der Waals surface area contributed by atoms with Crippen molar-refractivity contribution in [3.63, 3.8) is 0 Å².